The lowest BCUT2D eigenvalue weighted by Crippen LogP contribution is -2.00. The summed E-state index contributed by atoms with van der Waals surface area (Å²) in [5, 5.41) is 3.23. The number of anilines is 2. The lowest BCUT2D eigenvalue weighted by Gasteiger charge is -2.11. The molecule has 0 fully saturated rings. The summed E-state index contributed by atoms with van der Waals surface area (Å²) in [7, 11) is 0. The Morgan fingerprint density at radius 1 is 0.941 bits per heavy atom. The minimum Gasteiger partial charge on any atom is -0.324 e. The van der Waals surface area contributed by atoms with Crippen LogP contribution in [-0.4, -0.2) is 9.97 Å². The SMILES string of the molecule is Cc1cc(Br)cc(C)c1Nc1ncc(Br)cn1. The van der Waals surface area contributed by atoms with Crippen LogP contribution in [0.25, 0.3) is 0 Å². The first-order valence-electron chi connectivity index (χ1n) is 5.07. The van der Waals surface area contributed by atoms with Crippen molar-refractivity contribution in [1.82, 2.24) is 9.97 Å². The van der Waals surface area contributed by atoms with Gasteiger partial charge in [-0.2, -0.15) is 0 Å². The van der Waals surface area contributed by atoms with Gasteiger partial charge in [-0.3, -0.25) is 0 Å². The lowest BCUT2D eigenvalue weighted by molar-refractivity contribution is 1.14. The fourth-order valence-electron chi connectivity index (χ4n) is 1.60. The van der Waals surface area contributed by atoms with Crippen molar-refractivity contribution in [3.8, 4) is 0 Å². The Morgan fingerprint density at radius 3 is 2.00 bits per heavy atom. The molecule has 0 aliphatic carbocycles. The van der Waals surface area contributed by atoms with Gasteiger partial charge in [0, 0.05) is 22.6 Å². The highest BCUT2D eigenvalue weighted by Gasteiger charge is 2.05. The predicted octanol–water partition coefficient (Wildman–Crippen LogP) is 4.36. The van der Waals surface area contributed by atoms with Gasteiger partial charge in [-0.15, -0.1) is 0 Å². The van der Waals surface area contributed by atoms with Gasteiger partial charge in [0.1, 0.15) is 0 Å². The number of nitrogens with zero attached hydrogens (tertiary/aromatic N) is 2. The molecule has 1 aromatic carbocycles. The molecule has 0 aliphatic heterocycles. The van der Waals surface area contributed by atoms with Crippen LogP contribution in [0, 0.1) is 13.8 Å². The smallest absolute Gasteiger partial charge is 0.227 e. The van der Waals surface area contributed by atoms with Crippen LogP contribution in [-0.2, 0) is 0 Å². The maximum atomic E-state index is 4.20. The number of halogens is 2. The Morgan fingerprint density at radius 2 is 1.47 bits per heavy atom. The zero-order valence-electron chi connectivity index (χ0n) is 9.46. The van der Waals surface area contributed by atoms with Crippen molar-refractivity contribution in [2.45, 2.75) is 13.8 Å². The number of aromatic nitrogens is 2. The quantitative estimate of drug-likeness (QED) is 0.868. The van der Waals surface area contributed by atoms with E-state index in [-0.39, 0.29) is 0 Å². The molecule has 0 unspecified atom stereocenters. The topological polar surface area (TPSA) is 37.8 Å². The maximum Gasteiger partial charge on any atom is 0.227 e. The van der Waals surface area contributed by atoms with E-state index in [4.69, 9.17) is 0 Å². The molecule has 1 aromatic heterocycles. The molecule has 5 heteroatoms. The highest BCUT2D eigenvalue weighted by Crippen LogP contribution is 2.26. The summed E-state index contributed by atoms with van der Waals surface area (Å²) in [6.07, 6.45) is 3.44. The van der Waals surface area contributed by atoms with Crippen molar-refractivity contribution in [2.75, 3.05) is 5.32 Å². The van der Waals surface area contributed by atoms with Crippen molar-refractivity contribution in [3.05, 3.63) is 44.6 Å². The minimum atomic E-state index is 0.599. The summed E-state index contributed by atoms with van der Waals surface area (Å²) in [5.41, 5.74) is 3.36. The van der Waals surface area contributed by atoms with E-state index >= 15 is 0 Å². The fourth-order valence-corrected chi connectivity index (χ4v) is 2.49. The number of aryl methyl sites for hydroxylation is 2. The highest BCUT2D eigenvalue weighted by atomic mass is 79.9. The number of hydrogen-bond acceptors (Lipinski definition) is 3. The third-order valence-electron chi connectivity index (χ3n) is 2.35. The van der Waals surface area contributed by atoms with E-state index in [0.717, 1.165) is 25.8 Å². The second-order valence-electron chi connectivity index (χ2n) is 3.76. The minimum absolute atomic E-state index is 0.599. The van der Waals surface area contributed by atoms with Gasteiger partial charge in [0.05, 0.1) is 4.47 Å². The molecule has 0 radical (unpaired) electrons. The Kier molecular flexibility index (Phi) is 3.79. The Balaban J connectivity index is 2.33. The van der Waals surface area contributed by atoms with Gasteiger partial charge in [-0.05, 0) is 53.0 Å². The summed E-state index contributed by atoms with van der Waals surface area (Å²) in [5.74, 6) is 0.599. The van der Waals surface area contributed by atoms with Crippen molar-refractivity contribution in [2.24, 2.45) is 0 Å². The van der Waals surface area contributed by atoms with Gasteiger partial charge in [0.2, 0.25) is 5.95 Å². The Bertz CT molecular complexity index is 515. The molecule has 0 atom stereocenters. The van der Waals surface area contributed by atoms with Gasteiger partial charge in [0.15, 0.2) is 0 Å². The van der Waals surface area contributed by atoms with Gasteiger partial charge in [-0.25, -0.2) is 9.97 Å². The monoisotopic (exact) mass is 355 g/mol. The van der Waals surface area contributed by atoms with Crippen LogP contribution in [0.1, 0.15) is 11.1 Å². The first kappa shape index (κ1) is 12.5. The van der Waals surface area contributed by atoms with Crippen LogP contribution in [0.2, 0.25) is 0 Å². The van der Waals surface area contributed by atoms with Crippen molar-refractivity contribution >= 4 is 43.5 Å². The first-order chi connectivity index (χ1) is 8.06. The second-order valence-corrected chi connectivity index (χ2v) is 5.60. The van der Waals surface area contributed by atoms with Gasteiger partial charge in [-0.1, -0.05) is 15.9 Å². The summed E-state index contributed by atoms with van der Waals surface area (Å²) in [6.45, 7) is 4.11. The second kappa shape index (κ2) is 5.14. The van der Waals surface area contributed by atoms with E-state index in [9.17, 15) is 0 Å². The summed E-state index contributed by atoms with van der Waals surface area (Å²) in [4.78, 5) is 8.39. The molecule has 0 bridgehead atoms. The average molecular weight is 357 g/mol. The van der Waals surface area contributed by atoms with Gasteiger partial charge >= 0.3 is 0 Å². The maximum absolute atomic E-state index is 4.20. The summed E-state index contributed by atoms with van der Waals surface area (Å²) in [6, 6.07) is 4.13. The zero-order valence-corrected chi connectivity index (χ0v) is 12.6. The standard InChI is InChI=1S/C12H11Br2N3/c1-7-3-9(13)4-8(2)11(7)17-12-15-5-10(14)6-16-12/h3-6H,1-2H3,(H,15,16,17). The zero-order chi connectivity index (χ0) is 12.4. The number of rotatable bonds is 2. The molecular formula is C12H11Br2N3. The Labute approximate surface area is 117 Å². The number of hydrogen-bond donors (Lipinski definition) is 1. The van der Waals surface area contributed by atoms with E-state index in [0.29, 0.717) is 5.95 Å². The average Bonchev–Trinajstić information content (AvgIpc) is 2.26. The fraction of sp³-hybridized carbons (Fsp3) is 0.167. The molecule has 0 saturated carbocycles. The van der Waals surface area contributed by atoms with Crippen molar-refractivity contribution < 1.29 is 0 Å². The number of benzene rings is 1. The highest BCUT2D eigenvalue weighted by molar-refractivity contribution is 9.10. The summed E-state index contributed by atoms with van der Waals surface area (Å²) >= 11 is 6.79. The van der Waals surface area contributed by atoms with E-state index < -0.39 is 0 Å². The third kappa shape index (κ3) is 3.04. The van der Waals surface area contributed by atoms with E-state index in [1.807, 2.05) is 0 Å². The molecule has 0 saturated heterocycles. The van der Waals surface area contributed by atoms with E-state index in [2.05, 4.69) is 73.1 Å². The largest absolute Gasteiger partial charge is 0.324 e. The van der Waals surface area contributed by atoms with E-state index in [1.165, 1.54) is 0 Å². The van der Waals surface area contributed by atoms with Crippen molar-refractivity contribution in [3.63, 3.8) is 0 Å². The van der Waals surface area contributed by atoms with Crippen LogP contribution in [0.15, 0.2) is 33.5 Å². The molecule has 0 aliphatic rings. The molecule has 1 heterocycles. The van der Waals surface area contributed by atoms with E-state index in [1.54, 1.807) is 12.4 Å². The van der Waals surface area contributed by atoms with Crippen LogP contribution >= 0.6 is 31.9 Å². The van der Waals surface area contributed by atoms with Crippen LogP contribution in [0.4, 0.5) is 11.6 Å². The first-order valence-corrected chi connectivity index (χ1v) is 6.66. The Hall–Kier alpha value is -0.940. The normalized spacial score (nSPS) is 10.4. The molecule has 1 N–H and O–H groups in total. The van der Waals surface area contributed by atoms with Gasteiger partial charge in [0.25, 0.3) is 0 Å². The summed E-state index contributed by atoms with van der Waals surface area (Å²) < 4.78 is 1.95. The molecule has 3 nitrogen and oxygen atoms in total. The molecule has 2 rings (SSSR count). The number of nitrogens with one attached hydrogen (secondary N) is 1. The molecule has 17 heavy (non-hydrogen) atoms. The van der Waals surface area contributed by atoms with Crippen LogP contribution in [0.3, 0.4) is 0 Å². The predicted molar refractivity (Wildman–Crippen MR) is 76.6 cm³/mol. The molecular weight excluding hydrogens is 346 g/mol. The van der Waals surface area contributed by atoms with Crippen LogP contribution < -0.4 is 5.32 Å². The molecule has 88 valence electrons. The lowest BCUT2D eigenvalue weighted by atomic mass is 10.1. The third-order valence-corrected chi connectivity index (χ3v) is 3.22. The molecule has 0 spiro atoms. The van der Waals surface area contributed by atoms with Crippen LogP contribution in [0.5, 0.6) is 0 Å². The molecule has 0 amide bonds. The van der Waals surface area contributed by atoms with Crippen molar-refractivity contribution in [1.29, 1.82) is 0 Å². The molecule has 2 aromatic rings. The van der Waals surface area contributed by atoms with Gasteiger partial charge < -0.3 is 5.32 Å².